The highest BCUT2D eigenvalue weighted by molar-refractivity contribution is 5.85. The van der Waals surface area contributed by atoms with Crippen molar-refractivity contribution < 1.29 is 28.5 Å². The SMILES string of the molecule is CC(c1nc2c(cc1F)OCCO2)N1CCC(Oc2ccc(C(=O)O)nc2)CC1. The Hall–Kier alpha value is -2.94. The van der Waals surface area contributed by atoms with E-state index in [1.807, 2.05) is 6.92 Å². The smallest absolute Gasteiger partial charge is 0.354 e. The van der Waals surface area contributed by atoms with Crippen molar-refractivity contribution in [3.8, 4) is 17.4 Å². The van der Waals surface area contributed by atoms with Crippen molar-refractivity contribution in [3.05, 3.63) is 41.6 Å². The number of halogens is 1. The lowest BCUT2D eigenvalue weighted by Gasteiger charge is -2.36. The van der Waals surface area contributed by atoms with E-state index < -0.39 is 11.8 Å². The van der Waals surface area contributed by atoms with Crippen LogP contribution >= 0.6 is 0 Å². The highest BCUT2D eigenvalue weighted by atomic mass is 19.1. The average Bonchev–Trinajstić information content (AvgIpc) is 2.74. The van der Waals surface area contributed by atoms with Crippen LogP contribution < -0.4 is 14.2 Å². The maximum Gasteiger partial charge on any atom is 0.354 e. The number of carboxylic acid groups (broad SMARTS) is 1. The summed E-state index contributed by atoms with van der Waals surface area (Å²) < 4.78 is 31.3. The van der Waals surface area contributed by atoms with Gasteiger partial charge in [0.1, 0.15) is 36.6 Å². The minimum atomic E-state index is -1.07. The molecular formula is C20H22FN3O5. The maximum absolute atomic E-state index is 14.5. The number of aromatic carboxylic acids is 1. The number of rotatable bonds is 5. The van der Waals surface area contributed by atoms with E-state index in [0.29, 0.717) is 36.3 Å². The van der Waals surface area contributed by atoms with Crippen LogP contribution in [0.25, 0.3) is 0 Å². The zero-order valence-corrected chi connectivity index (χ0v) is 16.0. The van der Waals surface area contributed by atoms with E-state index in [2.05, 4.69) is 14.9 Å². The summed E-state index contributed by atoms with van der Waals surface area (Å²) in [5.41, 5.74) is 0.331. The van der Waals surface area contributed by atoms with Gasteiger partial charge in [-0.25, -0.2) is 19.2 Å². The van der Waals surface area contributed by atoms with Gasteiger partial charge in [0.25, 0.3) is 5.88 Å². The van der Waals surface area contributed by atoms with Crippen molar-refractivity contribution in [2.75, 3.05) is 26.3 Å². The zero-order valence-electron chi connectivity index (χ0n) is 16.0. The number of carbonyl (C=O) groups is 1. The summed E-state index contributed by atoms with van der Waals surface area (Å²) in [5.74, 6) is -0.237. The predicted molar refractivity (Wildman–Crippen MR) is 100 cm³/mol. The Kier molecular flexibility index (Phi) is 5.48. The highest BCUT2D eigenvalue weighted by Crippen LogP contribution is 2.34. The third-order valence-corrected chi connectivity index (χ3v) is 5.19. The first-order valence-corrected chi connectivity index (χ1v) is 9.57. The third-order valence-electron chi connectivity index (χ3n) is 5.19. The summed E-state index contributed by atoms with van der Waals surface area (Å²) in [6.07, 6.45) is 2.94. The molecular weight excluding hydrogens is 381 g/mol. The molecule has 0 bridgehead atoms. The van der Waals surface area contributed by atoms with Gasteiger partial charge in [-0.2, -0.15) is 0 Å². The number of piperidine rings is 1. The Bertz CT molecular complexity index is 884. The molecule has 1 N–H and O–H groups in total. The topological polar surface area (TPSA) is 94.0 Å². The van der Waals surface area contributed by atoms with Gasteiger partial charge >= 0.3 is 5.97 Å². The normalized spacial score (nSPS) is 18.3. The molecule has 1 atom stereocenters. The molecule has 0 saturated carbocycles. The lowest BCUT2D eigenvalue weighted by Crippen LogP contribution is -2.40. The fourth-order valence-electron chi connectivity index (χ4n) is 3.58. The molecule has 0 spiro atoms. The van der Waals surface area contributed by atoms with Crippen LogP contribution in [0.15, 0.2) is 24.4 Å². The molecule has 29 heavy (non-hydrogen) atoms. The summed E-state index contributed by atoms with van der Waals surface area (Å²) in [4.78, 5) is 21.2. The molecule has 2 aromatic heterocycles. The maximum atomic E-state index is 14.5. The van der Waals surface area contributed by atoms with Crippen molar-refractivity contribution in [1.82, 2.24) is 14.9 Å². The fourth-order valence-corrected chi connectivity index (χ4v) is 3.58. The number of ether oxygens (including phenoxy) is 3. The van der Waals surface area contributed by atoms with Gasteiger partial charge in [-0.15, -0.1) is 0 Å². The average molecular weight is 403 g/mol. The van der Waals surface area contributed by atoms with Crippen molar-refractivity contribution >= 4 is 5.97 Å². The molecule has 1 fully saturated rings. The van der Waals surface area contributed by atoms with Crippen LogP contribution in [0.5, 0.6) is 17.4 Å². The number of hydrogen-bond donors (Lipinski definition) is 1. The Morgan fingerprint density at radius 1 is 1.31 bits per heavy atom. The zero-order chi connectivity index (χ0) is 20.4. The molecule has 0 aliphatic carbocycles. The Morgan fingerprint density at radius 2 is 2.07 bits per heavy atom. The first-order valence-electron chi connectivity index (χ1n) is 9.57. The molecule has 0 radical (unpaired) electrons. The van der Waals surface area contributed by atoms with Crippen LogP contribution in [0.4, 0.5) is 4.39 Å². The second-order valence-corrected chi connectivity index (χ2v) is 7.07. The molecule has 1 unspecified atom stereocenters. The summed E-state index contributed by atoms with van der Waals surface area (Å²) in [7, 11) is 0. The number of hydrogen-bond acceptors (Lipinski definition) is 7. The van der Waals surface area contributed by atoms with Gasteiger partial charge in [0.15, 0.2) is 5.75 Å². The monoisotopic (exact) mass is 403 g/mol. The van der Waals surface area contributed by atoms with Gasteiger partial charge in [0.05, 0.1) is 17.9 Å². The molecule has 2 aliphatic heterocycles. The lowest BCUT2D eigenvalue weighted by atomic mass is 10.0. The molecule has 9 heteroatoms. The molecule has 8 nitrogen and oxygen atoms in total. The van der Waals surface area contributed by atoms with E-state index in [-0.39, 0.29) is 17.8 Å². The predicted octanol–water partition coefficient (Wildman–Crippen LogP) is 2.69. The lowest BCUT2D eigenvalue weighted by molar-refractivity contribution is 0.0689. The first kappa shape index (κ1) is 19.4. The van der Waals surface area contributed by atoms with Crippen molar-refractivity contribution in [2.24, 2.45) is 0 Å². The van der Waals surface area contributed by atoms with E-state index >= 15 is 0 Å². The van der Waals surface area contributed by atoms with Gasteiger partial charge in [0, 0.05) is 19.2 Å². The fraction of sp³-hybridized carbons (Fsp3) is 0.450. The number of aromatic nitrogens is 2. The van der Waals surface area contributed by atoms with E-state index in [9.17, 15) is 9.18 Å². The van der Waals surface area contributed by atoms with Gasteiger partial charge < -0.3 is 19.3 Å². The number of likely N-dealkylation sites (tertiary alicyclic amines) is 1. The molecule has 0 amide bonds. The van der Waals surface area contributed by atoms with Crippen LogP contribution in [0, 0.1) is 5.82 Å². The van der Waals surface area contributed by atoms with Gasteiger partial charge in [0.2, 0.25) is 0 Å². The molecule has 0 aromatic carbocycles. The highest BCUT2D eigenvalue weighted by Gasteiger charge is 2.29. The standard InChI is InChI=1S/C20H22FN3O5/c1-12(18-15(21)10-17-19(23-18)28-9-8-27-17)24-6-4-13(5-7-24)29-14-2-3-16(20(25)26)22-11-14/h2-3,10-13H,4-9H2,1H3,(H,25,26). The minimum Gasteiger partial charge on any atom is -0.489 e. The van der Waals surface area contributed by atoms with Crippen LogP contribution in [0.3, 0.4) is 0 Å². The number of pyridine rings is 2. The third kappa shape index (κ3) is 4.24. The largest absolute Gasteiger partial charge is 0.489 e. The van der Waals surface area contributed by atoms with Crippen molar-refractivity contribution in [3.63, 3.8) is 0 Å². The molecule has 154 valence electrons. The summed E-state index contributed by atoms with van der Waals surface area (Å²) in [5, 5.41) is 8.90. The summed E-state index contributed by atoms with van der Waals surface area (Å²) >= 11 is 0. The van der Waals surface area contributed by atoms with Crippen LogP contribution in [-0.4, -0.2) is 58.4 Å². The first-order chi connectivity index (χ1) is 14.0. The Morgan fingerprint density at radius 3 is 2.76 bits per heavy atom. The molecule has 2 aromatic rings. The van der Waals surface area contributed by atoms with Gasteiger partial charge in [-0.3, -0.25) is 4.90 Å². The quantitative estimate of drug-likeness (QED) is 0.814. The summed E-state index contributed by atoms with van der Waals surface area (Å²) in [6.45, 7) is 4.18. The Balaban J connectivity index is 1.36. The number of fused-ring (bicyclic) bond motifs is 1. The molecule has 4 rings (SSSR count). The molecule has 2 aliphatic rings. The van der Waals surface area contributed by atoms with E-state index in [0.717, 1.165) is 25.9 Å². The summed E-state index contributed by atoms with van der Waals surface area (Å²) in [6, 6.07) is 4.17. The molecule has 1 saturated heterocycles. The van der Waals surface area contributed by atoms with Gasteiger partial charge in [-0.05, 0) is 31.9 Å². The van der Waals surface area contributed by atoms with Crippen LogP contribution in [-0.2, 0) is 0 Å². The van der Waals surface area contributed by atoms with Crippen LogP contribution in [0.2, 0.25) is 0 Å². The molecule has 4 heterocycles. The number of carboxylic acids is 1. The van der Waals surface area contributed by atoms with E-state index in [4.69, 9.17) is 19.3 Å². The second kappa shape index (κ2) is 8.20. The van der Waals surface area contributed by atoms with E-state index in [1.54, 1.807) is 6.07 Å². The van der Waals surface area contributed by atoms with Crippen molar-refractivity contribution in [1.29, 1.82) is 0 Å². The minimum absolute atomic E-state index is 0.00556. The number of nitrogens with zero attached hydrogens (tertiary/aromatic N) is 3. The van der Waals surface area contributed by atoms with Crippen molar-refractivity contribution in [2.45, 2.75) is 31.9 Å². The van der Waals surface area contributed by atoms with E-state index in [1.165, 1.54) is 18.3 Å². The van der Waals surface area contributed by atoms with Crippen LogP contribution in [0.1, 0.15) is 42.0 Å². The van der Waals surface area contributed by atoms with Gasteiger partial charge in [-0.1, -0.05) is 0 Å². The Labute approximate surface area is 167 Å². The second-order valence-electron chi connectivity index (χ2n) is 7.07.